The van der Waals surface area contributed by atoms with Gasteiger partial charge in [0.2, 0.25) is 0 Å². The highest BCUT2D eigenvalue weighted by atomic mass is 79.9. The molecule has 0 N–H and O–H groups in total. The molecule has 2 rings (SSSR count). The van der Waals surface area contributed by atoms with E-state index in [1.807, 2.05) is 26.0 Å². The molecular formula is C12H19BrN2O2S. The molecule has 0 spiro atoms. The predicted octanol–water partition coefficient (Wildman–Crippen LogP) is 2.10. The van der Waals surface area contributed by atoms with Gasteiger partial charge in [-0.25, -0.2) is 8.42 Å². The van der Waals surface area contributed by atoms with E-state index in [2.05, 4.69) is 25.8 Å². The van der Waals surface area contributed by atoms with Crippen molar-refractivity contribution >= 4 is 25.8 Å². The third-order valence-corrected chi connectivity index (χ3v) is 4.69. The molecular weight excluding hydrogens is 316 g/mol. The summed E-state index contributed by atoms with van der Waals surface area (Å²) in [6, 6.07) is 3.90. The first-order valence-corrected chi connectivity index (χ1v) is 8.70. The van der Waals surface area contributed by atoms with E-state index < -0.39 is 9.84 Å². The van der Waals surface area contributed by atoms with Gasteiger partial charge in [-0.1, -0.05) is 13.8 Å². The molecule has 1 aliphatic rings. The molecule has 0 bridgehead atoms. The fraction of sp³-hybridized carbons (Fsp3) is 0.583. The monoisotopic (exact) mass is 334 g/mol. The van der Waals surface area contributed by atoms with E-state index in [4.69, 9.17) is 0 Å². The number of sulfone groups is 1. The zero-order valence-electron chi connectivity index (χ0n) is 10.8. The summed E-state index contributed by atoms with van der Waals surface area (Å²) >= 11 is 3.33. The molecule has 0 radical (unpaired) electrons. The van der Waals surface area contributed by atoms with Crippen molar-refractivity contribution < 1.29 is 8.42 Å². The van der Waals surface area contributed by atoms with Crippen molar-refractivity contribution in [1.29, 1.82) is 0 Å². The fourth-order valence-electron chi connectivity index (χ4n) is 1.64. The summed E-state index contributed by atoms with van der Waals surface area (Å²) in [6.07, 6.45) is 1.76. The van der Waals surface area contributed by atoms with Gasteiger partial charge in [-0.2, -0.15) is 0 Å². The average Bonchev–Trinajstić information content (AvgIpc) is 2.37. The highest BCUT2D eigenvalue weighted by molar-refractivity contribution is 9.10. The zero-order chi connectivity index (χ0) is 13.6. The Morgan fingerprint density at radius 1 is 1.28 bits per heavy atom. The highest BCUT2D eigenvalue weighted by Crippen LogP contribution is 2.11. The van der Waals surface area contributed by atoms with Gasteiger partial charge in [-0.15, -0.1) is 0 Å². The van der Waals surface area contributed by atoms with Gasteiger partial charge in [0.15, 0.2) is 9.84 Å². The Balaban J connectivity index is 0.000000771. The molecule has 0 amide bonds. The zero-order valence-corrected chi connectivity index (χ0v) is 13.2. The van der Waals surface area contributed by atoms with Gasteiger partial charge in [-0.3, -0.25) is 9.88 Å². The molecule has 1 fully saturated rings. The maximum Gasteiger partial charge on any atom is 0.152 e. The third-order valence-electron chi connectivity index (χ3n) is 2.61. The van der Waals surface area contributed by atoms with Crippen LogP contribution in [-0.2, 0) is 16.4 Å². The number of aromatic nitrogens is 1. The molecule has 1 aromatic rings. The summed E-state index contributed by atoms with van der Waals surface area (Å²) in [5, 5.41) is 0. The molecule has 6 heteroatoms. The molecule has 0 aliphatic carbocycles. The van der Waals surface area contributed by atoms with Crippen molar-refractivity contribution in [2.24, 2.45) is 0 Å². The average molecular weight is 335 g/mol. The smallest absolute Gasteiger partial charge is 0.152 e. The summed E-state index contributed by atoms with van der Waals surface area (Å²) in [5.74, 6) is 0.535. The van der Waals surface area contributed by atoms with Gasteiger partial charge < -0.3 is 0 Å². The van der Waals surface area contributed by atoms with Crippen molar-refractivity contribution in [2.75, 3.05) is 24.6 Å². The van der Waals surface area contributed by atoms with E-state index in [0.717, 1.165) is 16.7 Å². The van der Waals surface area contributed by atoms with Gasteiger partial charge in [-0.05, 0) is 28.1 Å². The lowest BCUT2D eigenvalue weighted by Gasteiger charge is -2.25. The van der Waals surface area contributed by atoms with Gasteiger partial charge in [0.25, 0.3) is 0 Å². The van der Waals surface area contributed by atoms with Gasteiger partial charge in [0.1, 0.15) is 0 Å². The third kappa shape index (κ3) is 5.04. The van der Waals surface area contributed by atoms with E-state index in [9.17, 15) is 8.42 Å². The van der Waals surface area contributed by atoms with Crippen molar-refractivity contribution in [3.8, 4) is 0 Å². The second-order valence-corrected chi connectivity index (χ2v) is 7.12. The van der Waals surface area contributed by atoms with E-state index >= 15 is 0 Å². The normalized spacial score (nSPS) is 18.8. The van der Waals surface area contributed by atoms with Gasteiger partial charge >= 0.3 is 0 Å². The minimum atomic E-state index is -2.78. The fourth-order valence-corrected chi connectivity index (χ4v) is 3.15. The number of nitrogens with zero attached hydrogens (tertiary/aromatic N) is 2. The summed E-state index contributed by atoms with van der Waals surface area (Å²) in [6.45, 7) is 5.95. The van der Waals surface area contributed by atoms with Crippen LogP contribution in [-0.4, -0.2) is 42.9 Å². The van der Waals surface area contributed by atoms with Crippen LogP contribution in [0.3, 0.4) is 0 Å². The largest absolute Gasteiger partial charge is 0.295 e. The Morgan fingerprint density at radius 3 is 2.39 bits per heavy atom. The van der Waals surface area contributed by atoms with Crippen LogP contribution in [0.2, 0.25) is 0 Å². The number of hydrogen-bond acceptors (Lipinski definition) is 4. The molecule has 2 heterocycles. The Hall–Kier alpha value is -0.460. The van der Waals surface area contributed by atoms with Gasteiger partial charge in [0, 0.05) is 30.3 Å². The molecule has 1 aromatic heterocycles. The predicted molar refractivity (Wildman–Crippen MR) is 77.2 cm³/mol. The molecule has 102 valence electrons. The summed E-state index contributed by atoms with van der Waals surface area (Å²) in [5.41, 5.74) is 0.975. The number of pyridine rings is 1. The molecule has 1 saturated heterocycles. The molecule has 0 atom stereocenters. The van der Waals surface area contributed by atoms with E-state index in [0.29, 0.717) is 13.1 Å². The molecule has 0 saturated carbocycles. The van der Waals surface area contributed by atoms with Crippen LogP contribution >= 0.6 is 15.9 Å². The highest BCUT2D eigenvalue weighted by Gasteiger charge is 2.21. The topological polar surface area (TPSA) is 50.3 Å². The van der Waals surface area contributed by atoms with Crippen molar-refractivity contribution in [1.82, 2.24) is 9.88 Å². The van der Waals surface area contributed by atoms with E-state index in [1.54, 1.807) is 6.20 Å². The lowest BCUT2D eigenvalue weighted by atomic mass is 10.3. The van der Waals surface area contributed by atoms with Crippen molar-refractivity contribution in [2.45, 2.75) is 20.4 Å². The Labute approximate surface area is 117 Å². The second-order valence-electron chi connectivity index (χ2n) is 3.90. The van der Waals surface area contributed by atoms with Crippen LogP contribution in [0.5, 0.6) is 0 Å². The Morgan fingerprint density at radius 2 is 1.89 bits per heavy atom. The Bertz CT molecular complexity index is 445. The van der Waals surface area contributed by atoms with E-state index in [-0.39, 0.29) is 11.5 Å². The maximum absolute atomic E-state index is 11.2. The summed E-state index contributed by atoms with van der Waals surface area (Å²) < 4.78 is 23.4. The first kappa shape index (κ1) is 15.6. The molecule has 1 aliphatic heterocycles. The maximum atomic E-state index is 11.2. The molecule has 18 heavy (non-hydrogen) atoms. The van der Waals surface area contributed by atoms with Crippen LogP contribution in [0.4, 0.5) is 0 Å². The van der Waals surface area contributed by atoms with Gasteiger partial charge in [0.05, 0.1) is 17.2 Å². The molecule has 0 unspecified atom stereocenters. The van der Waals surface area contributed by atoms with Crippen LogP contribution < -0.4 is 0 Å². The Kier molecular flexibility index (Phi) is 6.25. The van der Waals surface area contributed by atoms with Crippen molar-refractivity contribution in [3.05, 3.63) is 28.5 Å². The van der Waals surface area contributed by atoms with Crippen LogP contribution in [0.15, 0.2) is 22.8 Å². The van der Waals surface area contributed by atoms with Crippen molar-refractivity contribution in [3.63, 3.8) is 0 Å². The minimum absolute atomic E-state index is 0.267. The quantitative estimate of drug-likeness (QED) is 0.831. The first-order valence-electron chi connectivity index (χ1n) is 6.08. The summed E-state index contributed by atoms with van der Waals surface area (Å²) in [4.78, 5) is 6.39. The minimum Gasteiger partial charge on any atom is -0.295 e. The second kappa shape index (κ2) is 7.21. The number of halogens is 1. The van der Waals surface area contributed by atoms with Crippen LogP contribution in [0.25, 0.3) is 0 Å². The van der Waals surface area contributed by atoms with Crippen LogP contribution in [0, 0.1) is 0 Å². The SMILES string of the molecule is CC.O=S1(=O)CCN(Cc2ccc(Br)cn2)CC1. The first-order chi connectivity index (χ1) is 8.55. The molecule has 4 nitrogen and oxygen atoms in total. The lowest BCUT2D eigenvalue weighted by molar-refractivity contribution is 0.284. The number of hydrogen-bond donors (Lipinski definition) is 0. The van der Waals surface area contributed by atoms with Crippen LogP contribution in [0.1, 0.15) is 19.5 Å². The van der Waals surface area contributed by atoms with E-state index in [1.165, 1.54) is 0 Å². The standard InChI is InChI=1S/C10H13BrN2O2S.C2H6/c11-9-1-2-10(12-7-9)8-13-3-5-16(14,15)6-4-13;1-2/h1-2,7H,3-6,8H2;1-2H3. The lowest BCUT2D eigenvalue weighted by Crippen LogP contribution is -2.39. The molecule has 0 aromatic carbocycles. The summed E-state index contributed by atoms with van der Waals surface area (Å²) in [7, 11) is -2.78. The number of rotatable bonds is 2.